The number of halogens is 3. The topological polar surface area (TPSA) is 55.1 Å². The summed E-state index contributed by atoms with van der Waals surface area (Å²) in [5, 5.41) is 2.08. The molecule has 82 valence electrons. The highest BCUT2D eigenvalue weighted by Crippen LogP contribution is 2.38. The number of rotatable bonds is 1. The average molecular weight is 218 g/mol. The van der Waals surface area contributed by atoms with E-state index in [1.165, 1.54) is 6.07 Å². The maximum atomic E-state index is 12.5. The van der Waals surface area contributed by atoms with E-state index in [4.69, 9.17) is 5.73 Å². The third-order valence-corrected chi connectivity index (χ3v) is 1.69. The Morgan fingerprint density at radius 3 is 2.47 bits per heavy atom. The molecule has 0 bridgehead atoms. The highest BCUT2D eigenvalue weighted by atomic mass is 19.4. The number of nitrogens with one attached hydrogen (secondary N) is 1. The summed E-state index contributed by atoms with van der Waals surface area (Å²) in [6.45, 7) is 1.13. The Kier molecular flexibility index (Phi) is 2.88. The molecule has 1 amide bonds. The summed E-state index contributed by atoms with van der Waals surface area (Å²) >= 11 is 0. The van der Waals surface area contributed by atoms with E-state index in [1.54, 1.807) is 0 Å². The van der Waals surface area contributed by atoms with Gasteiger partial charge in [-0.25, -0.2) is 0 Å². The van der Waals surface area contributed by atoms with Crippen molar-refractivity contribution in [2.24, 2.45) is 0 Å². The normalized spacial score (nSPS) is 11.2. The fourth-order valence-corrected chi connectivity index (χ4v) is 1.18. The molecule has 1 aromatic rings. The smallest absolute Gasteiger partial charge is 0.398 e. The molecule has 0 aromatic heterocycles. The molecule has 0 saturated carbocycles. The molecule has 6 heteroatoms. The third-order valence-electron chi connectivity index (χ3n) is 1.69. The summed E-state index contributed by atoms with van der Waals surface area (Å²) in [5.41, 5.74) is 3.47. The minimum Gasteiger partial charge on any atom is -0.398 e. The van der Waals surface area contributed by atoms with Crippen molar-refractivity contribution in [1.29, 1.82) is 0 Å². The van der Waals surface area contributed by atoms with Crippen LogP contribution in [0.4, 0.5) is 24.5 Å². The second kappa shape index (κ2) is 3.80. The molecule has 0 radical (unpaired) electrons. The van der Waals surface area contributed by atoms with Gasteiger partial charge in [0.2, 0.25) is 5.91 Å². The Labute approximate surface area is 84.1 Å². The van der Waals surface area contributed by atoms with Crippen LogP contribution in [0.25, 0.3) is 0 Å². The highest BCUT2D eigenvalue weighted by Gasteiger charge is 2.35. The van der Waals surface area contributed by atoms with Crippen molar-refractivity contribution in [2.45, 2.75) is 13.1 Å². The van der Waals surface area contributed by atoms with Crippen LogP contribution in [0.3, 0.4) is 0 Å². The first-order valence-corrected chi connectivity index (χ1v) is 4.05. The number of nitrogen functional groups attached to an aromatic ring is 1. The largest absolute Gasteiger partial charge is 0.420 e. The molecule has 0 aliphatic rings. The molecule has 3 nitrogen and oxygen atoms in total. The monoisotopic (exact) mass is 218 g/mol. The lowest BCUT2D eigenvalue weighted by Gasteiger charge is -2.14. The van der Waals surface area contributed by atoms with Crippen LogP contribution in [0.1, 0.15) is 12.5 Å². The minimum atomic E-state index is -4.58. The van der Waals surface area contributed by atoms with Crippen molar-refractivity contribution in [1.82, 2.24) is 0 Å². The molecule has 1 aromatic carbocycles. The zero-order chi connectivity index (χ0) is 11.6. The maximum Gasteiger partial charge on any atom is 0.420 e. The summed E-state index contributed by atoms with van der Waals surface area (Å²) in [5.74, 6) is -0.578. The molecular formula is C9H9F3N2O. The molecule has 0 atom stereocenters. The lowest BCUT2D eigenvalue weighted by atomic mass is 10.1. The zero-order valence-electron chi connectivity index (χ0n) is 7.85. The van der Waals surface area contributed by atoms with Crippen LogP contribution in [0.5, 0.6) is 0 Å². The quantitative estimate of drug-likeness (QED) is 0.710. The minimum absolute atomic E-state index is 0.324. The van der Waals surface area contributed by atoms with Gasteiger partial charge in [-0.3, -0.25) is 4.79 Å². The number of carbonyl (C=O) groups excluding carboxylic acids is 1. The Morgan fingerprint density at radius 2 is 2.00 bits per heavy atom. The van der Waals surface area contributed by atoms with Gasteiger partial charge in [-0.1, -0.05) is 6.07 Å². The van der Waals surface area contributed by atoms with Crippen molar-refractivity contribution in [3.63, 3.8) is 0 Å². The van der Waals surface area contributed by atoms with Crippen LogP contribution < -0.4 is 11.1 Å². The fourth-order valence-electron chi connectivity index (χ4n) is 1.18. The number of nitrogens with two attached hydrogens (primary N) is 1. The van der Waals surface area contributed by atoms with Gasteiger partial charge >= 0.3 is 6.18 Å². The Balaban J connectivity index is 3.27. The van der Waals surface area contributed by atoms with Crippen LogP contribution in [-0.4, -0.2) is 5.91 Å². The van der Waals surface area contributed by atoms with Gasteiger partial charge in [-0.2, -0.15) is 13.2 Å². The summed E-state index contributed by atoms with van der Waals surface area (Å²) in [4.78, 5) is 10.7. The van der Waals surface area contributed by atoms with Crippen LogP contribution >= 0.6 is 0 Å². The van der Waals surface area contributed by atoms with Gasteiger partial charge in [0.1, 0.15) is 5.56 Å². The molecule has 0 aliphatic heterocycles. The van der Waals surface area contributed by atoms with E-state index >= 15 is 0 Å². The van der Waals surface area contributed by atoms with E-state index in [0.29, 0.717) is 0 Å². The van der Waals surface area contributed by atoms with Gasteiger partial charge in [-0.05, 0) is 12.1 Å². The first-order valence-electron chi connectivity index (χ1n) is 4.05. The molecule has 0 spiro atoms. The van der Waals surface area contributed by atoms with Crippen molar-refractivity contribution >= 4 is 17.3 Å². The third kappa shape index (κ3) is 2.61. The van der Waals surface area contributed by atoms with Crippen molar-refractivity contribution in [2.75, 3.05) is 11.1 Å². The van der Waals surface area contributed by atoms with Crippen LogP contribution in [-0.2, 0) is 11.0 Å². The molecular weight excluding hydrogens is 209 g/mol. The van der Waals surface area contributed by atoms with E-state index in [1.807, 2.05) is 0 Å². The molecule has 0 unspecified atom stereocenters. The summed E-state index contributed by atoms with van der Waals surface area (Å²) in [6.07, 6.45) is -4.58. The van der Waals surface area contributed by atoms with Gasteiger partial charge in [0.15, 0.2) is 0 Å². The molecule has 0 aliphatic carbocycles. The lowest BCUT2D eigenvalue weighted by Crippen LogP contribution is -2.15. The number of alkyl halides is 3. The summed E-state index contributed by atoms with van der Waals surface area (Å²) in [7, 11) is 0. The molecule has 0 saturated heterocycles. The van der Waals surface area contributed by atoms with E-state index < -0.39 is 23.3 Å². The van der Waals surface area contributed by atoms with Gasteiger partial charge in [0, 0.05) is 12.6 Å². The number of hydrogen-bond acceptors (Lipinski definition) is 2. The standard InChI is InChI=1S/C9H9F3N2O/c1-5(15)14-7-4-2-3-6(13)8(7)9(10,11)12/h2-4H,13H2,1H3,(H,14,15). The molecule has 15 heavy (non-hydrogen) atoms. The highest BCUT2D eigenvalue weighted by molar-refractivity contribution is 5.90. The van der Waals surface area contributed by atoms with Gasteiger partial charge < -0.3 is 11.1 Å². The summed E-state index contributed by atoms with van der Waals surface area (Å²) < 4.78 is 37.6. The maximum absolute atomic E-state index is 12.5. The molecule has 3 N–H and O–H groups in total. The van der Waals surface area contributed by atoms with Crippen molar-refractivity contribution in [3.8, 4) is 0 Å². The average Bonchev–Trinajstić information content (AvgIpc) is 1.99. The Bertz CT molecular complexity index is 387. The first-order chi connectivity index (χ1) is 6.82. The van der Waals surface area contributed by atoms with E-state index in [9.17, 15) is 18.0 Å². The number of hydrogen-bond donors (Lipinski definition) is 2. The number of carbonyl (C=O) groups is 1. The molecule has 0 fully saturated rings. The van der Waals surface area contributed by atoms with E-state index in [-0.39, 0.29) is 5.69 Å². The first kappa shape index (κ1) is 11.4. The zero-order valence-corrected chi connectivity index (χ0v) is 7.85. The van der Waals surface area contributed by atoms with Crippen molar-refractivity contribution < 1.29 is 18.0 Å². The van der Waals surface area contributed by atoms with Crippen LogP contribution in [0, 0.1) is 0 Å². The number of amides is 1. The second-order valence-electron chi connectivity index (χ2n) is 2.95. The predicted molar refractivity (Wildman–Crippen MR) is 50.2 cm³/mol. The van der Waals surface area contributed by atoms with Crippen LogP contribution in [0.2, 0.25) is 0 Å². The van der Waals surface area contributed by atoms with E-state index in [0.717, 1.165) is 19.1 Å². The number of anilines is 2. The van der Waals surface area contributed by atoms with E-state index in [2.05, 4.69) is 5.32 Å². The molecule has 1 rings (SSSR count). The predicted octanol–water partition coefficient (Wildman–Crippen LogP) is 2.25. The van der Waals surface area contributed by atoms with Crippen molar-refractivity contribution in [3.05, 3.63) is 23.8 Å². The van der Waals surface area contributed by atoms with Crippen LogP contribution in [0.15, 0.2) is 18.2 Å². The van der Waals surface area contributed by atoms with Gasteiger partial charge in [0.05, 0.1) is 5.69 Å². The lowest BCUT2D eigenvalue weighted by molar-refractivity contribution is -0.136. The Hall–Kier alpha value is -1.72. The van der Waals surface area contributed by atoms with Gasteiger partial charge in [0.25, 0.3) is 0 Å². The number of benzene rings is 1. The van der Waals surface area contributed by atoms with Gasteiger partial charge in [-0.15, -0.1) is 0 Å². The SMILES string of the molecule is CC(=O)Nc1cccc(N)c1C(F)(F)F. The fraction of sp³-hybridized carbons (Fsp3) is 0.222. The molecule has 0 heterocycles. The Morgan fingerprint density at radius 1 is 1.40 bits per heavy atom. The summed E-state index contributed by atoms with van der Waals surface area (Å²) in [6, 6.07) is 3.63. The second-order valence-corrected chi connectivity index (χ2v) is 2.95.